The second-order valence-electron chi connectivity index (χ2n) is 5.91. The Kier molecular flexibility index (Phi) is 4.83. The van der Waals surface area contributed by atoms with Crippen LogP contribution in [0.15, 0.2) is 24.3 Å². The minimum atomic E-state index is -1.05. The number of urea groups is 1. The van der Waals surface area contributed by atoms with Gasteiger partial charge in [0.15, 0.2) is 0 Å². The van der Waals surface area contributed by atoms with Crippen LogP contribution in [0.3, 0.4) is 0 Å². The lowest BCUT2D eigenvalue weighted by atomic mass is 9.79. The van der Waals surface area contributed by atoms with Gasteiger partial charge in [-0.05, 0) is 43.2 Å². The fraction of sp³-hybridized carbons (Fsp3) is 0.500. The molecule has 3 unspecified atom stereocenters. The van der Waals surface area contributed by atoms with E-state index in [1.807, 2.05) is 0 Å². The van der Waals surface area contributed by atoms with Crippen LogP contribution in [0.4, 0.5) is 10.5 Å². The van der Waals surface area contributed by atoms with E-state index in [0.717, 1.165) is 19.3 Å². The first-order valence-electron chi connectivity index (χ1n) is 7.37. The van der Waals surface area contributed by atoms with E-state index in [9.17, 15) is 9.59 Å². The van der Waals surface area contributed by atoms with Crippen LogP contribution in [0.25, 0.3) is 0 Å². The maximum atomic E-state index is 12.0. The predicted octanol–water partition coefficient (Wildman–Crippen LogP) is 3.33. The Bertz CT molecular complexity index is 530. The Labute approximate surface area is 124 Å². The van der Waals surface area contributed by atoms with E-state index in [2.05, 4.69) is 24.5 Å². The molecule has 0 bridgehead atoms. The zero-order chi connectivity index (χ0) is 15.4. The van der Waals surface area contributed by atoms with E-state index in [0.29, 0.717) is 17.5 Å². The molecule has 0 spiro atoms. The zero-order valence-electron chi connectivity index (χ0n) is 12.4. The van der Waals surface area contributed by atoms with Gasteiger partial charge >= 0.3 is 12.0 Å². The topological polar surface area (TPSA) is 78.4 Å². The van der Waals surface area contributed by atoms with Gasteiger partial charge in [-0.3, -0.25) is 0 Å². The molecule has 0 heterocycles. The second-order valence-corrected chi connectivity index (χ2v) is 5.91. The van der Waals surface area contributed by atoms with E-state index in [1.54, 1.807) is 18.2 Å². The van der Waals surface area contributed by atoms with E-state index in [-0.39, 0.29) is 17.6 Å². The lowest BCUT2D eigenvalue weighted by molar-refractivity contribution is 0.0698. The lowest BCUT2D eigenvalue weighted by Gasteiger charge is -2.32. The van der Waals surface area contributed by atoms with Crippen molar-refractivity contribution in [2.45, 2.75) is 39.2 Å². The molecule has 3 atom stereocenters. The van der Waals surface area contributed by atoms with Gasteiger partial charge in [0.1, 0.15) is 0 Å². The third-order valence-corrected chi connectivity index (χ3v) is 4.34. The molecule has 0 saturated heterocycles. The van der Waals surface area contributed by atoms with Crippen molar-refractivity contribution in [3.63, 3.8) is 0 Å². The molecule has 5 nitrogen and oxygen atoms in total. The number of hydrogen-bond donors (Lipinski definition) is 3. The van der Waals surface area contributed by atoms with Crippen molar-refractivity contribution in [1.29, 1.82) is 0 Å². The fourth-order valence-corrected chi connectivity index (χ4v) is 2.80. The molecular weight excluding hydrogens is 268 g/mol. The van der Waals surface area contributed by atoms with Gasteiger partial charge in [-0.2, -0.15) is 0 Å². The number of nitrogens with one attached hydrogen (secondary N) is 2. The van der Waals surface area contributed by atoms with Crippen molar-refractivity contribution >= 4 is 17.7 Å². The lowest BCUT2D eigenvalue weighted by Crippen LogP contribution is -2.42. The SMILES string of the molecule is CC1CCC(NC(=O)Nc2ccccc2C(=O)O)CC1C. The van der Waals surface area contributed by atoms with Gasteiger partial charge in [0.2, 0.25) is 0 Å². The van der Waals surface area contributed by atoms with E-state index in [1.165, 1.54) is 6.07 Å². The van der Waals surface area contributed by atoms with E-state index in [4.69, 9.17) is 5.11 Å². The Morgan fingerprint density at radius 3 is 2.52 bits per heavy atom. The molecule has 0 radical (unpaired) electrons. The fourth-order valence-electron chi connectivity index (χ4n) is 2.80. The number of hydrogen-bond acceptors (Lipinski definition) is 2. The third kappa shape index (κ3) is 3.97. The Morgan fingerprint density at radius 1 is 1.14 bits per heavy atom. The Hall–Kier alpha value is -2.04. The maximum Gasteiger partial charge on any atom is 0.337 e. The van der Waals surface area contributed by atoms with Crippen LogP contribution in [0, 0.1) is 11.8 Å². The van der Waals surface area contributed by atoms with Gasteiger partial charge in [-0.25, -0.2) is 9.59 Å². The van der Waals surface area contributed by atoms with Crippen LogP contribution >= 0.6 is 0 Å². The highest BCUT2D eigenvalue weighted by Crippen LogP contribution is 2.29. The number of para-hydroxylation sites is 1. The van der Waals surface area contributed by atoms with Gasteiger partial charge in [-0.1, -0.05) is 26.0 Å². The zero-order valence-corrected chi connectivity index (χ0v) is 12.4. The summed E-state index contributed by atoms with van der Waals surface area (Å²) in [6, 6.07) is 6.23. The number of aromatic carboxylic acids is 1. The van der Waals surface area contributed by atoms with Crippen LogP contribution in [-0.4, -0.2) is 23.1 Å². The molecule has 1 aliphatic carbocycles. The van der Waals surface area contributed by atoms with Crippen LogP contribution < -0.4 is 10.6 Å². The number of benzene rings is 1. The van der Waals surface area contributed by atoms with Gasteiger partial charge in [0.05, 0.1) is 11.3 Å². The molecule has 2 amide bonds. The monoisotopic (exact) mass is 290 g/mol. The summed E-state index contributed by atoms with van der Waals surface area (Å²) in [6.45, 7) is 4.44. The molecule has 3 N–H and O–H groups in total. The molecule has 1 aromatic carbocycles. The molecule has 1 saturated carbocycles. The van der Waals surface area contributed by atoms with Crippen molar-refractivity contribution in [3.05, 3.63) is 29.8 Å². The molecule has 5 heteroatoms. The predicted molar refractivity (Wildman–Crippen MR) is 81.5 cm³/mol. The molecule has 0 aromatic heterocycles. The molecule has 1 aliphatic rings. The number of carbonyl (C=O) groups excluding carboxylic acids is 1. The van der Waals surface area contributed by atoms with Crippen LogP contribution in [0.1, 0.15) is 43.5 Å². The highest BCUT2D eigenvalue weighted by atomic mass is 16.4. The minimum absolute atomic E-state index is 0.0956. The van der Waals surface area contributed by atoms with Crippen molar-refractivity contribution in [3.8, 4) is 0 Å². The smallest absolute Gasteiger partial charge is 0.337 e. The normalized spacial score (nSPS) is 25.1. The molecule has 2 rings (SSSR count). The summed E-state index contributed by atoms with van der Waals surface area (Å²) in [5, 5.41) is 14.7. The largest absolute Gasteiger partial charge is 0.478 e. The van der Waals surface area contributed by atoms with E-state index >= 15 is 0 Å². The quantitative estimate of drug-likeness (QED) is 0.799. The van der Waals surface area contributed by atoms with Gasteiger partial charge in [0.25, 0.3) is 0 Å². The summed E-state index contributed by atoms with van der Waals surface area (Å²) in [5.41, 5.74) is 0.415. The summed E-state index contributed by atoms with van der Waals surface area (Å²) in [4.78, 5) is 23.1. The maximum absolute atomic E-state index is 12.0. The van der Waals surface area contributed by atoms with Crippen LogP contribution in [-0.2, 0) is 0 Å². The van der Waals surface area contributed by atoms with Crippen molar-refractivity contribution in [2.24, 2.45) is 11.8 Å². The summed E-state index contributed by atoms with van der Waals surface area (Å²) in [7, 11) is 0. The third-order valence-electron chi connectivity index (χ3n) is 4.34. The standard InChI is InChI=1S/C16H22N2O3/c1-10-7-8-12(9-11(10)2)17-16(21)18-14-6-4-3-5-13(14)15(19)20/h3-6,10-12H,7-9H2,1-2H3,(H,19,20)(H2,17,18,21). The summed E-state index contributed by atoms with van der Waals surface area (Å²) < 4.78 is 0. The van der Waals surface area contributed by atoms with Gasteiger partial charge in [0, 0.05) is 6.04 Å². The van der Waals surface area contributed by atoms with Gasteiger partial charge in [-0.15, -0.1) is 0 Å². The first-order valence-corrected chi connectivity index (χ1v) is 7.37. The van der Waals surface area contributed by atoms with Crippen molar-refractivity contribution < 1.29 is 14.7 Å². The minimum Gasteiger partial charge on any atom is -0.478 e. The van der Waals surface area contributed by atoms with Crippen LogP contribution in [0.2, 0.25) is 0 Å². The Morgan fingerprint density at radius 2 is 1.86 bits per heavy atom. The Balaban J connectivity index is 1.95. The average Bonchev–Trinajstić information content (AvgIpc) is 2.43. The summed E-state index contributed by atoms with van der Waals surface area (Å²) in [6.07, 6.45) is 3.05. The number of carboxylic acid groups (broad SMARTS) is 1. The van der Waals surface area contributed by atoms with E-state index < -0.39 is 5.97 Å². The number of carbonyl (C=O) groups is 2. The highest BCUT2D eigenvalue weighted by Gasteiger charge is 2.25. The number of rotatable bonds is 3. The van der Waals surface area contributed by atoms with Crippen molar-refractivity contribution in [2.75, 3.05) is 5.32 Å². The number of anilines is 1. The first-order chi connectivity index (χ1) is 9.97. The number of carboxylic acids is 1. The first kappa shape index (κ1) is 15.4. The molecule has 0 aliphatic heterocycles. The molecule has 21 heavy (non-hydrogen) atoms. The number of amides is 2. The van der Waals surface area contributed by atoms with Gasteiger partial charge < -0.3 is 15.7 Å². The molecule has 1 fully saturated rings. The summed E-state index contributed by atoms with van der Waals surface area (Å²) in [5.74, 6) is 0.236. The second kappa shape index (κ2) is 6.61. The molecule has 1 aromatic rings. The highest BCUT2D eigenvalue weighted by molar-refractivity contribution is 6.00. The molecule has 114 valence electrons. The summed E-state index contributed by atoms with van der Waals surface area (Å²) >= 11 is 0. The average molecular weight is 290 g/mol. The van der Waals surface area contributed by atoms with Crippen LogP contribution in [0.5, 0.6) is 0 Å². The molecular formula is C16H22N2O3. The van der Waals surface area contributed by atoms with Crippen molar-refractivity contribution in [1.82, 2.24) is 5.32 Å².